The molecule has 0 saturated heterocycles. The fourth-order valence-corrected chi connectivity index (χ4v) is 3.86. The predicted octanol–water partition coefficient (Wildman–Crippen LogP) is 1.58. The van der Waals surface area contributed by atoms with E-state index in [0.717, 1.165) is 18.7 Å². The number of aryl methyl sites for hydroxylation is 1. The quantitative estimate of drug-likeness (QED) is 0.760. The highest BCUT2D eigenvalue weighted by molar-refractivity contribution is 7.99. The van der Waals surface area contributed by atoms with Gasteiger partial charge in [-0.3, -0.25) is 9.89 Å². The standard InChI is InChI=1S/C12H20N4O2S/c1-3-13-12(10(17)18)6-4-5-9(7-12)19-11-14-8(2)15-16-11/h9,13H,3-7H2,1-2H3,(H,17,18)(H,14,15,16). The number of thioether (sulfide) groups is 1. The maximum Gasteiger partial charge on any atom is 0.323 e. The summed E-state index contributed by atoms with van der Waals surface area (Å²) in [6.45, 7) is 4.47. The number of H-pyrrole nitrogens is 1. The number of carbonyl (C=O) groups is 1. The lowest BCUT2D eigenvalue weighted by Gasteiger charge is -2.37. The van der Waals surface area contributed by atoms with Crippen LogP contribution in [0, 0.1) is 6.92 Å². The minimum absolute atomic E-state index is 0.249. The van der Waals surface area contributed by atoms with Crippen molar-refractivity contribution >= 4 is 17.7 Å². The molecule has 0 amide bonds. The third-order valence-electron chi connectivity index (χ3n) is 3.48. The number of hydrogen-bond acceptors (Lipinski definition) is 5. The molecule has 2 rings (SSSR count). The zero-order valence-corrected chi connectivity index (χ0v) is 12.1. The third kappa shape index (κ3) is 3.27. The molecule has 6 nitrogen and oxygen atoms in total. The summed E-state index contributed by atoms with van der Waals surface area (Å²) in [5.74, 6) is 0.0420. The molecular weight excluding hydrogens is 264 g/mol. The van der Waals surface area contributed by atoms with E-state index in [1.807, 2.05) is 13.8 Å². The molecule has 3 N–H and O–H groups in total. The van der Waals surface area contributed by atoms with E-state index in [2.05, 4.69) is 20.5 Å². The number of aromatic nitrogens is 3. The van der Waals surface area contributed by atoms with Crippen LogP contribution < -0.4 is 5.32 Å². The number of nitrogens with zero attached hydrogens (tertiary/aromatic N) is 2. The lowest BCUT2D eigenvalue weighted by atomic mass is 9.81. The molecule has 0 spiro atoms. The number of aromatic amines is 1. The van der Waals surface area contributed by atoms with Crippen LogP contribution in [0.1, 0.15) is 38.4 Å². The molecule has 0 aromatic carbocycles. The zero-order valence-electron chi connectivity index (χ0n) is 11.3. The van der Waals surface area contributed by atoms with Crippen LogP contribution in [-0.2, 0) is 4.79 Å². The van der Waals surface area contributed by atoms with E-state index >= 15 is 0 Å². The Balaban J connectivity index is 2.05. The van der Waals surface area contributed by atoms with Crippen molar-refractivity contribution in [1.29, 1.82) is 0 Å². The van der Waals surface area contributed by atoms with Crippen LogP contribution in [0.5, 0.6) is 0 Å². The van der Waals surface area contributed by atoms with Crippen molar-refractivity contribution in [3.05, 3.63) is 5.82 Å². The second kappa shape index (κ2) is 5.92. The van der Waals surface area contributed by atoms with Gasteiger partial charge in [-0.25, -0.2) is 4.98 Å². The Morgan fingerprint density at radius 2 is 2.47 bits per heavy atom. The molecule has 1 saturated carbocycles. The van der Waals surface area contributed by atoms with Crippen LogP contribution in [-0.4, -0.2) is 43.6 Å². The normalized spacial score (nSPS) is 27.4. The highest BCUT2D eigenvalue weighted by atomic mass is 32.2. The fourth-order valence-electron chi connectivity index (χ4n) is 2.62. The number of aliphatic carboxylic acids is 1. The lowest BCUT2D eigenvalue weighted by Crippen LogP contribution is -2.55. The zero-order chi connectivity index (χ0) is 13.9. The van der Waals surface area contributed by atoms with Gasteiger partial charge in [0.2, 0.25) is 5.16 Å². The summed E-state index contributed by atoms with van der Waals surface area (Å²) < 4.78 is 0. The summed E-state index contributed by atoms with van der Waals surface area (Å²) in [6.07, 6.45) is 3.24. The van der Waals surface area contributed by atoms with E-state index in [0.29, 0.717) is 24.5 Å². The maximum atomic E-state index is 11.6. The Bertz CT molecular complexity index is 447. The van der Waals surface area contributed by atoms with Gasteiger partial charge in [-0.2, -0.15) is 0 Å². The second-order valence-corrected chi connectivity index (χ2v) is 6.22. The Labute approximate surface area is 116 Å². The summed E-state index contributed by atoms with van der Waals surface area (Å²) >= 11 is 1.57. The van der Waals surface area contributed by atoms with Crippen LogP contribution >= 0.6 is 11.8 Å². The molecule has 2 unspecified atom stereocenters. The Morgan fingerprint density at radius 1 is 1.68 bits per heavy atom. The monoisotopic (exact) mass is 284 g/mol. The summed E-state index contributed by atoms with van der Waals surface area (Å²) in [6, 6.07) is 0. The van der Waals surface area contributed by atoms with Crippen LogP contribution in [0.3, 0.4) is 0 Å². The van der Waals surface area contributed by atoms with Crippen molar-refractivity contribution in [1.82, 2.24) is 20.5 Å². The topological polar surface area (TPSA) is 90.9 Å². The molecule has 1 aromatic rings. The molecule has 0 aliphatic heterocycles. The van der Waals surface area contributed by atoms with Gasteiger partial charge >= 0.3 is 5.97 Å². The van der Waals surface area contributed by atoms with E-state index in [-0.39, 0.29) is 5.25 Å². The van der Waals surface area contributed by atoms with Crippen LogP contribution in [0.15, 0.2) is 5.16 Å². The minimum Gasteiger partial charge on any atom is -0.480 e. The highest BCUT2D eigenvalue weighted by Crippen LogP contribution is 2.37. The number of likely N-dealkylation sites (N-methyl/N-ethyl adjacent to an activating group) is 1. The van der Waals surface area contributed by atoms with Gasteiger partial charge in [0, 0.05) is 5.25 Å². The number of carboxylic acid groups (broad SMARTS) is 1. The summed E-state index contributed by atoms with van der Waals surface area (Å²) in [5.41, 5.74) is -0.782. The SMILES string of the molecule is CCNC1(C(=O)O)CCCC(Sc2n[nH]c(C)n2)C1. The van der Waals surface area contributed by atoms with Gasteiger partial charge in [-0.05, 0) is 39.2 Å². The molecule has 1 fully saturated rings. The van der Waals surface area contributed by atoms with Crippen molar-refractivity contribution in [2.75, 3.05) is 6.54 Å². The Kier molecular flexibility index (Phi) is 4.46. The van der Waals surface area contributed by atoms with Gasteiger partial charge in [0.1, 0.15) is 11.4 Å². The molecule has 19 heavy (non-hydrogen) atoms. The van der Waals surface area contributed by atoms with Crippen molar-refractivity contribution in [2.45, 2.75) is 55.5 Å². The number of rotatable bonds is 5. The van der Waals surface area contributed by atoms with E-state index in [4.69, 9.17) is 0 Å². The molecule has 7 heteroatoms. The van der Waals surface area contributed by atoms with Crippen molar-refractivity contribution < 1.29 is 9.90 Å². The largest absolute Gasteiger partial charge is 0.480 e. The first kappa shape index (κ1) is 14.3. The highest BCUT2D eigenvalue weighted by Gasteiger charge is 2.42. The van der Waals surface area contributed by atoms with Gasteiger partial charge in [-0.1, -0.05) is 18.7 Å². The number of carboxylic acids is 1. The van der Waals surface area contributed by atoms with Crippen molar-refractivity contribution in [3.8, 4) is 0 Å². The predicted molar refractivity (Wildman–Crippen MR) is 73.3 cm³/mol. The van der Waals surface area contributed by atoms with E-state index in [9.17, 15) is 9.90 Å². The minimum atomic E-state index is -0.782. The fraction of sp³-hybridized carbons (Fsp3) is 0.750. The molecule has 0 bridgehead atoms. The average molecular weight is 284 g/mol. The molecular formula is C12H20N4O2S. The van der Waals surface area contributed by atoms with Gasteiger partial charge in [0.05, 0.1) is 0 Å². The van der Waals surface area contributed by atoms with E-state index in [1.165, 1.54) is 0 Å². The summed E-state index contributed by atoms with van der Waals surface area (Å²) in [7, 11) is 0. The Hall–Kier alpha value is -1.08. The Morgan fingerprint density at radius 3 is 3.05 bits per heavy atom. The van der Waals surface area contributed by atoms with Crippen LogP contribution in [0.25, 0.3) is 0 Å². The number of hydrogen-bond donors (Lipinski definition) is 3. The molecule has 0 radical (unpaired) electrons. The van der Waals surface area contributed by atoms with Crippen LogP contribution in [0.4, 0.5) is 0 Å². The van der Waals surface area contributed by atoms with Gasteiger partial charge in [-0.15, -0.1) is 5.10 Å². The molecule has 1 aromatic heterocycles. The lowest BCUT2D eigenvalue weighted by molar-refractivity contribution is -0.146. The molecule has 1 heterocycles. The molecule has 106 valence electrons. The maximum absolute atomic E-state index is 11.6. The van der Waals surface area contributed by atoms with Gasteiger partial charge < -0.3 is 10.4 Å². The van der Waals surface area contributed by atoms with Gasteiger partial charge in [0.25, 0.3) is 0 Å². The second-order valence-electron chi connectivity index (χ2n) is 4.96. The third-order valence-corrected chi connectivity index (χ3v) is 4.61. The molecule has 1 aliphatic rings. The smallest absolute Gasteiger partial charge is 0.323 e. The first-order valence-corrected chi connectivity index (χ1v) is 7.48. The van der Waals surface area contributed by atoms with Gasteiger partial charge in [0.15, 0.2) is 0 Å². The average Bonchev–Trinajstić information content (AvgIpc) is 2.75. The van der Waals surface area contributed by atoms with E-state index in [1.54, 1.807) is 11.8 Å². The molecule has 2 atom stereocenters. The number of nitrogens with one attached hydrogen (secondary N) is 2. The molecule has 1 aliphatic carbocycles. The summed E-state index contributed by atoms with van der Waals surface area (Å²) in [5, 5.41) is 20.5. The first-order valence-electron chi connectivity index (χ1n) is 6.60. The van der Waals surface area contributed by atoms with Crippen LogP contribution in [0.2, 0.25) is 0 Å². The van der Waals surface area contributed by atoms with Crippen molar-refractivity contribution in [2.24, 2.45) is 0 Å². The first-order chi connectivity index (χ1) is 9.05. The summed E-state index contributed by atoms with van der Waals surface area (Å²) in [4.78, 5) is 15.8. The van der Waals surface area contributed by atoms with E-state index < -0.39 is 11.5 Å². The van der Waals surface area contributed by atoms with Crippen molar-refractivity contribution in [3.63, 3.8) is 0 Å².